The van der Waals surface area contributed by atoms with Gasteiger partial charge in [-0.25, -0.2) is 0 Å². The van der Waals surface area contributed by atoms with Crippen LogP contribution >= 0.6 is 31.9 Å². The van der Waals surface area contributed by atoms with E-state index in [1.807, 2.05) is 0 Å². The zero-order valence-electron chi connectivity index (χ0n) is 9.96. The molecule has 0 aliphatic heterocycles. The first-order valence-corrected chi connectivity index (χ1v) is 7.72. The molecule has 0 bridgehead atoms. The number of halogens is 2. The highest BCUT2D eigenvalue weighted by atomic mass is 79.9. The third-order valence-corrected chi connectivity index (χ3v) is 5.39. The fraction of sp³-hybridized carbons (Fsp3) is 0.615. The van der Waals surface area contributed by atoms with Crippen LogP contribution in [-0.2, 0) is 0 Å². The van der Waals surface area contributed by atoms with Gasteiger partial charge in [-0.3, -0.25) is 0 Å². The standard InChI is InChI=1S/C13H15Br2NO2/c14-9-7-10(18-12(9)15)11(17)13(8-16)5-3-1-2-4-6-13/h7,11,17H,1-6H2. The Kier molecular flexibility index (Phi) is 4.52. The third-order valence-electron chi connectivity index (χ3n) is 3.68. The smallest absolute Gasteiger partial charge is 0.183 e. The maximum Gasteiger partial charge on any atom is 0.183 e. The maximum absolute atomic E-state index is 10.5. The molecule has 2 rings (SSSR count). The monoisotopic (exact) mass is 375 g/mol. The van der Waals surface area contributed by atoms with Crippen molar-refractivity contribution in [3.8, 4) is 6.07 Å². The van der Waals surface area contributed by atoms with E-state index < -0.39 is 11.5 Å². The highest BCUT2D eigenvalue weighted by molar-refractivity contribution is 9.13. The minimum absolute atomic E-state index is 0.456. The van der Waals surface area contributed by atoms with Crippen molar-refractivity contribution < 1.29 is 9.52 Å². The van der Waals surface area contributed by atoms with E-state index in [1.165, 1.54) is 0 Å². The van der Waals surface area contributed by atoms with Crippen LogP contribution in [0, 0.1) is 16.7 Å². The van der Waals surface area contributed by atoms with Gasteiger partial charge in [0.2, 0.25) is 0 Å². The lowest BCUT2D eigenvalue weighted by Gasteiger charge is -2.29. The van der Waals surface area contributed by atoms with Crippen molar-refractivity contribution in [3.05, 3.63) is 21.0 Å². The fourth-order valence-corrected chi connectivity index (χ4v) is 3.18. The number of aliphatic hydroxyl groups is 1. The van der Waals surface area contributed by atoms with Gasteiger partial charge < -0.3 is 9.52 Å². The third kappa shape index (κ3) is 2.66. The van der Waals surface area contributed by atoms with Gasteiger partial charge in [-0.2, -0.15) is 5.26 Å². The quantitative estimate of drug-likeness (QED) is 0.761. The Hall–Kier alpha value is -0.310. The van der Waals surface area contributed by atoms with E-state index in [0.717, 1.165) is 43.0 Å². The summed E-state index contributed by atoms with van der Waals surface area (Å²) < 4.78 is 6.78. The van der Waals surface area contributed by atoms with Crippen molar-refractivity contribution >= 4 is 31.9 Å². The summed E-state index contributed by atoms with van der Waals surface area (Å²) in [4.78, 5) is 0. The molecule has 0 aromatic carbocycles. The number of nitriles is 1. The Labute approximate surface area is 123 Å². The zero-order chi connectivity index (χ0) is 13.2. The first-order valence-electron chi connectivity index (χ1n) is 6.13. The van der Waals surface area contributed by atoms with Gasteiger partial charge in [0, 0.05) is 0 Å². The highest BCUT2D eigenvalue weighted by Gasteiger charge is 2.41. The average molecular weight is 377 g/mol. The first-order chi connectivity index (χ1) is 8.59. The summed E-state index contributed by atoms with van der Waals surface area (Å²) in [5.41, 5.74) is -0.701. The maximum atomic E-state index is 10.5. The molecule has 0 amide bonds. The molecule has 98 valence electrons. The molecule has 1 fully saturated rings. The van der Waals surface area contributed by atoms with Crippen molar-refractivity contribution in [3.63, 3.8) is 0 Å². The molecule has 0 spiro atoms. The summed E-state index contributed by atoms with van der Waals surface area (Å²) in [5.74, 6) is 0.456. The van der Waals surface area contributed by atoms with E-state index in [4.69, 9.17) is 4.42 Å². The van der Waals surface area contributed by atoms with Crippen molar-refractivity contribution in [1.82, 2.24) is 0 Å². The number of nitrogens with zero attached hydrogens (tertiary/aromatic N) is 1. The van der Waals surface area contributed by atoms with Gasteiger partial charge in [-0.1, -0.05) is 25.7 Å². The van der Waals surface area contributed by atoms with Crippen molar-refractivity contribution in [2.24, 2.45) is 5.41 Å². The van der Waals surface area contributed by atoms with Crippen LogP contribution in [0.2, 0.25) is 0 Å². The van der Waals surface area contributed by atoms with Gasteiger partial charge in [0.1, 0.15) is 11.9 Å². The molecule has 1 heterocycles. The van der Waals surface area contributed by atoms with Crippen LogP contribution in [0.25, 0.3) is 0 Å². The average Bonchev–Trinajstić information content (AvgIpc) is 2.59. The Morgan fingerprint density at radius 1 is 1.28 bits per heavy atom. The molecule has 1 aromatic heterocycles. The van der Waals surface area contributed by atoms with Crippen LogP contribution in [0.1, 0.15) is 50.4 Å². The SMILES string of the molecule is N#CC1(C(O)c2cc(Br)c(Br)o2)CCCCCC1. The number of rotatable bonds is 2. The fourth-order valence-electron chi connectivity index (χ4n) is 2.58. The van der Waals surface area contributed by atoms with E-state index in [2.05, 4.69) is 37.9 Å². The van der Waals surface area contributed by atoms with Crippen molar-refractivity contribution in [1.29, 1.82) is 5.26 Å². The molecule has 3 nitrogen and oxygen atoms in total. The number of hydrogen-bond acceptors (Lipinski definition) is 3. The molecule has 1 saturated carbocycles. The summed E-state index contributed by atoms with van der Waals surface area (Å²) in [7, 11) is 0. The second-order valence-electron chi connectivity index (χ2n) is 4.86. The second-order valence-corrected chi connectivity index (χ2v) is 6.43. The van der Waals surface area contributed by atoms with Crippen LogP contribution in [0.15, 0.2) is 19.6 Å². The van der Waals surface area contributed by atoms with Crippen LogP contribution in [0.5, 0.6) is 0 Å². The van der Waals surface area contributed by atoms with Crippen molar-refractivity contribution in [2.45, 2.75) is 44.6 Å². The van der Waals surface area contributed by atoms with E-state index in [-0.39, 0.29) is 0 Å². The van der Waals surface area contributed by atoms with Gasteiger partial charge in [-0.05, 0) is 50.8 Å². The van der Waals surface area contributed by atoms with Gasteiger partial charge in [0.25, 0.3) is 0 Å². The van der Waals surface area contributed by atoms with Crippen LogP contribution < -0.4 is 0 Å². The van der Waals surface area contributed by atoms with Gasteiger partial charge >= 0.3 is 0 Å². The molecule has 1 unspecified atom stereocenters. The van der Waals surface area contributed by atoms with E-state index in [1.54, 1.807) is 6.07 Å². The summed E-state index contributed by atoms with van der Waals surface area (Å²) in [6.07, 6.45) is 4.88. The Morgan fingerprint density at radius 3 is 2.33 bits per heavy atom. The largest absolute Gasteiger partial charge is 0.450 e. The second kappa shape index (κ2) is 5.77. The van der Waals surface area contributed by atoms with E-state index in [9.17, 15) is 10.4 Å². The first kappa shape index (κ1) is 14.1. The van der Waals surface area contributed by atoms with E-state index >= 15 is 0 Å². The molecule has 1 aliphatic carbocycles. The molecular formula is C13H15Br2NO2. The van der Waals surface area contributed by atoms with Gasteiger partial charge in [-0.15, -0.1) is 0 Å². The Balaban J connectivity index is 2.29. The summed E-state index contributed by atoms with van der Waals surface area (Å²) in [5, 5.41) is 20.0. The minimum atomic E-state index is -0.858. The lowest BCUT2D eigenvalue weighted by Crippen LogP contribution is -2.26. The zero-order valence-corrected chi connectivity index (χ0v) is 13.1. The van der Waals surface area contributed by atoms with Gasteiger partial charge in [0.15, 0.2) is 4.67 Å². The number of aliphatic hydroxyl groups excluding tert-OH is 1. The summed E-state index contributed by atoms with van der Waals surface area (Å²) in [6.45, 7) is 0. The Bertz CT molecular complexity index is 437. The molecule has 1 aliphatic rings. The molecule has 0 saturated heterocycles. The van der Waals surface area contributed by atoms with Crippen LogP contribution in [0.4, 0.5) is 0 Å². The molecule has 0 radical (unpaired) electrons. The van der Waals surface area contributed by atoms with Crippen LogP contribution in [0.3, 0.4) is 0 Å². The van der Waals surface area contributed by atoms with Crippen LogP contribution in [-0.4, -0.2) is 5.11 Å². The number of furan rings is 1. The molecule has 1 atom stereocenters. The highest BCUT2D eigenvalue weighted by Crippen LogP contribution is 2.46. The molecule has 1 aromatic rings. The lowest BCUT2D eigenvalue weighted by atomic mass is 9.76. The molecule has 1 N–H and O–H groups in total. The predicted molar refractivity (Wildman–Crippen MR) is 74.8 cm³/mol. The van der Waals surface area contributed by atoms with Gasteiger partial charge in [0.05, 0.1) is 16.0 Å². The molecular weight excluding hydrogens is 362 g/mol. The number of hydrogen-bond donors (Lipinski definition) is 1. The lowest BCUT2D eigenvalue weighted by molar-refractivity contribution is 0.0331. The molecule has 5 heteroatoms. The predicted octanol–water partition coefficient (Wildman–Crippen LogP) is 4.70. The summed E-state index contributed by atoms with van der Waals surface area (Å²) in [6, 6.07) is 4.08. The minimum Gasteiger partial charge on any atom is -0.450 e. The van der Waals surface area contributed by atoms with Crippen molar-refractivity contribution in [2.75, 3.05) is 0 Å². The Morgan fingerprint density at radius 2 is 1.89 bits per heavy atom. The van der Waals surface area contributed by atoms with E-state index in [0.29, 0.717) is 10.4 Å². The topological polar surface area (TPSA) is 57.2 Å². The normalized spacial score (nSPS) is 21.0. The summed E-state index contributed by atoms with van der Waals surface area (Å²) >= 11 is 6.58. The molecule has 18 heavy (non-hydrogen) atoms.